The summed E-state index contributed by atoms with van der Waals surface area (Å²) in [5, 5.41) is 13.8. The Hall–Kier alpha value is -3.96. The van der Waals surface area contributed by atoms with Crippen molar-refractivity contribution in [1.29, 1.82) is 0 Å². The first-order valence-corrected chi connectivity index (χ1v) is 14.7. The lowest BCUT2D eigenvalue weighted by Crippen LogP contribution is -2.57. The number of amides is 3. The molecule has 1 aliphatic heterocycles. The van der Waals surface area contributed by atoms with Crippen molar-refractivity contribution in [3.8, 4) is 0 Å². The summed E-state index contributed by atoms with van der Waals surface area (Å²) in [5.41, 5.74) is 0.617. The molecular weight excluding hydrogens is 550 g/mol. The van der Waals surface area contributed by atoms with Gasteiger partial charge in [0.25, 0.3) is 0 Å². The highest BCUT2D eigenvalue weighted by molar-refractivity contribution is 5.88. The lowest BCUT2D eigenvalue weighted by atomic mass is 9.96. The Kier molecular flexibility index (Phi) is 12.5. The van der Waals surface area contributed by atoms with E-state index in [-0.39, 0.29) is 31.7 Å². The van der Waals surface area contributed by atoms with E-state index in [1.54, 1.807) is 20.8 Å². The lowest BCUT2D eigenvalue weighted by molar-refractivity contribution is -0.134. The minimum atomic E-state index is -0.772. The normalized spacial score (nSPS) is 15.9. The number of alkyl carbamates (subject to hydrolysis) is 1. The van der Waals surface area contributed by atoms with Crippen molar-refractivity contribution in [1.82, 2.24) is 26.2 Å². The molecule has 1 aliphatic rings. The quantitative estimate of drug-likeness (QED) is 0.217. The van der Waals surface area contributed by atoms with Gasteiger partial charge in [0.15, 0.2) is 0 Å². The zero-order valence-corrected chi connectivity index (χ0v) is 25.8. The Labute approximate surface area is 253 Å². The van der Waals surface area contributed by atoms with Gasteiger partial charge >= 0.3 is 12.1 Å². The van der Waals surface area contributed by atoms with Gasteiger partial charge in [-0.25, -0.2) is 9.59 Å². The van der Waals surface area contributed by atoms with Crippen LogP contribution in [-0.2, 0) is 23.9 Å². The van der Waals surface area contributed by atoms with Gasteiger partial charge in [0.05, 0.1) is 13.7 Å². The van der Waals surface area contributed by atoms with Gasteiger partial charge in [0.1, 0.15) is 11.6 Å². The summed E-state index contributed by atoms with van der Waals surface area (Å²) in [4.78, 5) is 51.2. The molecule has 3 rings (SSSR count). The number of carbonyl (C=O) groups is 4. The second-order valence-electron chi connectivity index (χ2n) is 11.6. The van der Waals surface area contributed by atoms with Crippen LogP contribution in [-0.4, -0.2) is 86.3 Å². The molecule has 2 aromatic carbocycles. The number of ether oxygens (including phenoxy) is 2. The first-order chi connectivity index (χ1) is 20.5. The third kappa shape index (κ3) is 11.0. The van der Waals surface area contributed by atoms with Crippen LogP contribution in [0.15, 0.2) is 54.6 Å². The molecule has 3 amide bonds. The fourth-order valence-electron chi connectivity index (χ4n) is 5.03. The number of likely N-dealkylation sites (tertiary alicyclic amines) is 1. The van der Waals surface area contributed by atoms with E-state index >= 15 is 0 Å². The molecule has 1 saturated heterocycles. The van der Waals surface area contributed by atoms with Crippen LogP contribution in [0.4, 0.5) is 4.79 Å². The summed E-state index contributed by atoms with van der Waals surface area (Å²) in [7, 11) is 1.26. The Bertz CT molecular complexity index is 1280. The Morgan fingerprint density at radius 1 is 1.00 bits per heavy atom. The van der Waals surface area contributed by atoms with Crippen molar-refractivity contribution in [2.75, 3.05) is 39.8 Å². The minimum Gasteiger partial charge on any atom is -0.466 e. The van der Waals surface area contributed by atoms with Crippen LogP contribution in [0.25, 0.3) is 10.8 Å². The average Bonchev–Trinajstić information content (AvgIpc) is 2.98. The van der Waals surface area contributed by atoms with Crippen molar-refractivity contribution in [3.05, 3.63) is 60.2 Å². The molecule has 43 heavy (non-hydrogen) atoms. The number of nitrogens with zero attached hydrogens (tertiary/aromatic N) is 1. The zero-order chi connectivity index (χ0) is 31.4. The van der Waals surface area contributed by atoms with Crippen LogP contribution < -0.4 is 21.3 Å². The summed E-state index contributed by atoms with van der Waals surface area (Å²) in [6.07, 6.45) is 3.67. The molecule has 4 N–H and O–H groups in total. The summed E-state index contributed by atoms with van der Waals surface area (Å²) >= 11 is 0. The van der Waals surface area contributed by atoms with Crippen molar-refractivity contribution in [2.24, 2.45) is 0 Å². The van der Waals surface area contributed by atoms with E-state index in [1.807, 2.05) is 0 Å². The monoisotopic (exact) mass is 595 g/mol. The fraction of sp³-hybridized carbons (Fsp3) is 0.500. The SMILES string of the molecule is COC(=O)/C=C/CNC(=O)CNC(=O)[C@H](CNC(=O)OC(C)(C)C)NC1CCN([C@H](C)c2cccc3ccccc23)CC1. The van der Waals surface area contributed by atoms with Crippen molar-refractivity contribution in [3.63, 3.8) is 0 Å². The van der Waals surface area contributed by atoms with E-state index in [2.05, 4.69) is 80.3 Å². The number of benzene rings is 2. The number of hydrogen-bond donors (Lipinski definition) is 4. The molecule has 0 bridgehead atoms. The Balaban J connectivity index is 1.56. The maximum atomic E-state index is 13.1. The van der Waals surface area contributed by atoms with Crippen LogP contribution in [0.3, 0.4) is 0 Å². The molecule has 0 radical (unpaired) electrons. The first-order valence-electron chi connectivity index (χ1n) is 14.7. The molecule has 11 heteroatoms. The molecule has 1 fully saturated rings. The highest BCUT2D eigenvalue weighted by Gasteiger charge is 2.29. The average molecular weight is 596 g/mol. The smallest absolute Gasteiger partial charge is 0.407 e. The second-order valence-corrected chi connectivity index (χ2v) is 11.6. The van der Waals surface area contributed by atoms with Crippen LogP contribution >= 0.6 is 0 Å². The summed E-state index contributed by atoms with van der Waals surface area (Å²) in [6.45, 7) is 9.07. The van der Waals surface area contributed by atoms with Gasteiger partial charge in [-0.15, -0.1) is 0 Å². The number of esters is 1. The van der Waals surface area contributed by atoms with E-state index in [4.69, 9.17) is 4.74 Å². The highest BCUT2D eigenvalue weighted by Crippen LogP contribution is 2.30. The molecule has 11 nitrogen and oxygen atoms in total. The second kappa shape index (κ2) is 16.0. The van der Waals surface area contributed by atoms with Crippen LogP contribution in [0.5, 0.6) is 0 Å². The summed E-state index contributed by atoms with van der Waals surface area (Å²) < 4.78 is 9.83. The number of rotatable bonds is 12. The van der Waals surface area contributed by atoms with Crippen LogP contribution in [0, 0.1) is 0 Å². The number of fused-ring (bicyclic) bond motifs is 1. The largest absolute Gasteiger partial charge is 0.466 e. The van der Waals surface area contributed by atoms with Crippen molar-refractivity contribution < 1.29 is 28.7 Å². The maximum absolute atomic E-state index is 13.1. The molecule has 0 aliphatic carbocycles. The number of piperidine rings is 1. The Morgan fingerprint density at radius 2 is 1.70 bits per heavy atom. The number of carbonyl (C=O) groups excluding carboxylic acids is 4. The summed E-state index contributed by atoms with van der Waals surface area (Å²) in [6, 6.07) is 14.3. The molecule has 0 unspecified atom stereocenters. The molecule has 0 saturated carbocycles. The molecule has 2 atom stereocenters. The number of nitrogens with one attached hydrogen (secondary N) is 4. The molecule has 234 valence electrons. The van der Waals surface area contributed by atoms with Crippen molar-refractivity contribution in [2.45, 2.75) is 64.3 Å². The van der Waals surface area contributed by atoms with Crippen LogP contribution in [0.1, 0.15) is 52.1 Å². The van der Waals surface area contributed by atoms with Crippen molar-refractivity contribution >= 4 is 34.6 Å². The maximum Gasteiger partial charge on any atom is 0.407 e. The van der Waals surface area contributed by atoms with Gasteiger partial charge in [-0.2, -0.15) is 0 Å². The van der Waals surface area contributed by atoms with E-state index in [1.165, 1.54) is 35.6 Å². The lowest BCUT2D eigenvalue weighted by Gasteiger charge is -2.38. The van der Waals surface area contributed by atoms with Crippen LogP contribution in [0.2, 0.25) is 0 Å². The van der Waals surface area contributed by atoms with E-state index in [0.717, 1.165) is 25.9 Å². The number of hydrogen-bond acceptors (Lipinski definition) is 8. The molecule has 0 spiro atoms. The van der Waals surface area contributed by atoms with Gasteiger partial charge in [-0.05, 0) is 56.9 Å². The van der Waals surface area contributed by atoms with Gasteiger partial charge in [0, 0.05) is 44.3 Å². The standard InChI is InChI=1S/C32H45N5O6/c1-22(25-13-8-11-23-10-6-7-12-26(23)25)37-18-15-24(16-19-37)36-27(20-35-31(41)43-32(2,3)4)30(40)34-21-28(38)33-17-9-14-29(39)42-5/h6-14,22,24,27,36H,15-21H2,1-5H3,(H,33,38)(H,34,40)(H,35,41)/b14-9+/t22-,27+/m1/s1. The minimum absolute atomic E-state index is 0.00312. The predicted octanol–water partition coefficient (Wildman–Crippen LogP) is 2.81. The van der Waals surface area contributed by atoms with Gasteiger partial charge < -0.3 is 30.7 Å². The molecular formula is C32H45N5O6. The van der Waals surface area contributed by atoms with E-state index in [9.17, 15) is 19.2 Å². The van der Waals surface area contributed by atoms with E-state index in [0.29, 0.717) is 0 Å². The topological polar surface area (TPSA) is 138 Å². The fourth-order valence-corrected chi connectivity index (χ4v) is 5.03. The molecule has 2 aromatic rings. The molecule has 0 aromatic heterocycles. The zero-order valence-electron chi connectivity index (χ0n) is 25.8. The van der Waals surface area contributed by atoms with Gasteiger partial charge in [0.2, 0.25) is 11.8 Å². The third-order valence-electron chi connectivity index (χ3n) is 7.25. The third-order valence-corrected chi connectivity index (χ3v) is 7.25. The molecule has 1 heterocycles. The number of methoxy groups -OCH3 is 1. The van der Waals surface area contributed by atoms with E-state index < -0.39 is 35.5 Å². The highest BCUT2D eigenvalue weighted by atomic mass is 16.6. The summed E-state index contributed by atoms with van der Waals surface area (Å²) in [5.74, 6) is -1.36. The first kappa shape index (κ1) is 33.5. The Morgan fingerprint density at radius 3 is 2.40 bits per heavy atom. The van der Waals surface area contributed by atoms with Gasteiger partial charge in [-0.1, -0.05) is 48.5 Å². The predicted molar refractivity (Wildman–Crippen MR) is 165 cm³/mol. The van der Waals surface area contributed by atoms with Gasteiger partial charge in [-0.3, -0.25) is 14.5 Å².